The number of anilines is 2. The Kier molecular flexibility index (Phi) is 3.31. The summed E-state index contributed by atoms with van der Waals surface area (Å²) < 4.78 is 4.92. The van der Waals surface area contributed by atoms with Crippen molar-refractivity contribution in [2.45, 2.75) is 0 Å². The standard InChI is InChI=1S/C18H12INS/c19-20(13-7-2-1-3-8-13)16-11-6-10-15-14-9-4-5-12-17(14)21-18(15)16/h1-12H. The summed E-state index contributed by atoms with van der Waals surface area (Å²) in [7, 11) is 0. The van der Waals surface area contributed by atoms with Crippen molar-refractivity contribution in [2.75, 3.05) is 3.11 Å². The number of thiophene rings is 1. The van der Waals surface area contributed by atoms with Crippen LogP contribution >= 0.6 is 34.2 Å². The molecule has 0 amide bonds. The summed E-state index contributed by atoms with van der Waals surface area (Å²) in [6.45, 7) is 0. The van der Waals surface area contributed by atoms with Gasteiger partial charge in [-0.05, 0) is 24.3 Å². The molecular formula is C18H12INS. The molecule has 4 aromatic rings. The Morgan fingerprint density at radius 2 is 1.43 bits per heavy atom. The van der Waals surface area contributed by atoms with Gasteiger partial charge in [-0.25, -0.2) is 0 Å². The molecule has 3 aromatic carbocycles. The number of fused-ring (bicyclic) bond motifs is 3. The van der Waals surface area contributed by atoms with Crippen LogP contribution in [0.25, 0.3) is 20.2 Å². The zero-order valence-electron chi connectivity index (χ0n) is 11.2. The zero-order chi connectivity index (χ0) is 14.2. The van der Waals surface area contributed by atoms with Gasteiger partial charge in [-0.2, -0.15) is 0 Å². The molecule has 0 aliphatic rings. The highest BCUT2D eigenvalue weighted by Crippen LogP contribution is 2.42. The van der Waals surface area contributed by atoms with Crippen LogP contribution in [0.4, 0.5) is 11.4 Å². The van der Waals surface area contributed by atoms with E-state index in [0.29, 0.717) is 0 Å². The predicted molar refractivity (Wildman–Crippen MR) is 102 cm³/mol. The van der Waals surface area contributed by atoms with Gasteiger partial charge < -0.3 is 0 Å². The molecule has 102 valence electrons. The van der Waals surface area contributed by atoms with Gasteiger partial charge in [0.1, 0.15) is 0 Å². The molecule has 0 N–H and O–H groups in total. The molecule has 1 aromatic heterocycles. The quantitative estimate of drug-likeness (QED) is 0.272. The molecule has 0 unspecified atom stereocenters. The molecular weight excluding hydrogens is 389 g/mol. The molecule has 0 fully saturated rings. The van der Waals surface area contributed by atoms with Crippen LogP contribution in [0.1, 0.15) is 0 Å². The number of nitrogens with zero attached hydrogens (tertiary/aromatic N) is 1. The van der Waals surface area contributed by atoms with E-state index in [1.165, 1.54) is 31.5 Å². The molecule has 0 atom stereocenters. The van der Waals surface area contributed by atoms with Crippen LogP contribution in [0, 0.1) is 0 Å². The lowest BCUT2D eigenvalue weighted by atomic mass is 10.1. The average molecular weight is 401 g/mol. The van der Waals surface area contributed by atoms with Crippen LogP contribution in [-0.2, 0) is 0 Å². The highest BCUT2D eigenvalue weighted by atomic mass is 127. The Balaban J connectivity index is 1.97. The van der Waals surface area contributed by atoms with Crippen molar-refractivity contribution < 1.29 is 0 Å². The van der Waals surface area contributed by atoms with E-state index in [2.05, 4.69) is 92.7 Å². The number of hydrogen-bond donors (Lipinski definition) is 0. The maximum Gasteiger partial charge on any atom is 0.0689 e. The van der Waals surface area contributed by atoms with Crippen LogP contribution < -0.4 is 3.11 Å². The summed E-state index contributed by atoms with van der Waals surface area (Å²) in [5, 5.41) is 2.68. The van der Waals surface area contributed by atoms with E-state index < -0.39 is 0 Å². The fourth-order valence-electron chi connectivity index (χ4n) is 2.58. The number of benzene rings is 3. The van der Waals surface area contributed by atoms with Crippen molar-refractivity contribution in [1.82, 2.24) is 0 Å². The molecule has 0 saturated heterocycles. The van der Waals surface area contributed by atoms with Crippen molar-refractivity contribution in [3.05, 3.63) is 72.8 Å². The molecule has 0 bridgehead atoms. The second kappa shape index (κ2) is 5.31. The van der Waals surface area contributed by atoms with Gasteiger partial charge in [0.15, 0.2) is 0 Å². The molecule has 1 heterocycles. The maximum absolute atomic E-state index is 2.39. The van der Waals surface area contributed by atoms with E-state index in [9.17, 15) is 0 Å². The highest BCUT2D eigenvalue weighted by molar-refractivity contribution is 14.1. The van der Waals surface area contributed by atoms with E-state index in [0.717, 1.165) is 0 Å². The largest absolute Gasteiger partial charge is 0.282 e. The van der Waals surface area contributed by atoms with E-state index in [-0.39, 0.29) is 0 Å². The first kappa shape index (κ1) is 13.1. The Labute approximate surface area is 141 Å². The van der Waals surface area contributed by atoms with Gasteiger partial charge in [-0.3, -0.25) is 3.11 Å². The summed E-state index contributed by atoms with van der Waals surface area (Å²) in [6.07, 6.45) is 0. The van der Waals surface area contributed by atoms with Gasteiger partial charge in [-0.15, -0.1) is 11.3 Å². The number of rotatable bonds is 2. The summed E-state index contributed by atoms with van der Waals surface area (Å²) in [5.74, 6) is 0. The minimum Gasteiger partial charge on any atom is -0.282 e. The lowest BCUT2D eigenvalue weighted by molar-refractivity contribution is 1.51. The lowest BCUT2D eigenvalue weighted by Crippen LogP contribution is -2.00. The molecule has 21 heavy (non-hydrogen) atoms. The maximum atomic E-state index is 2.39. The third kappa shape index (κ3) is 2.21. The smallest absolute Gasteiger partial charge is 0.0689 e. The molecule has 0 radical (unpaired) electrons. The van der Waals surface area contributed by atoms with E-state index in [1.54, 1.807) is 0 Å². The van der Waals surface area contributed by atoms with Crippen LogP contribution in [0.15, 0.2) is 72.8 Å². The van der Waals surface area contributed by atoms with Crippen molar-refractivity contribution in [3.63, 3.8) is 0 Å². The van der Waals surface area contributed by atoms with Gasteiger partial charge >= 0.3 is 0 Å². The topological polar surface area (TPSA) is 3.24 Å². The number of hydrogen-bond acceptors (Lipinski definition) is 2. The monoisotopic (exact) mass is 401 g/mol. The van der Waals surface area contributed by atoms with E-state index in [1.807, 2.05) is 17.4 Å². The normalized spacial score (nSPS) is 11.1. The summed E-state index contributed by atoms with van der Waals surface area (Å²) in [5.41, 5.74) is 2.45. The molecule has 0 aliphatic heterocycles. The fourth-order valence-corrected chi connectivity index (χ4v) is 4.68. The number of halogens is 1. The van der Waals surface area contributed by atoms with Crippen LogP contribution in [0.3, 0.4) is 0 Å². The number of para-hydroxylation sites is 1. The summed E-state index contributed by atoms with van der Waals surface area (Å²) >= 11 is 4.25. The summed E-state index contributed by atoms with van der Waals surface area (Å²) in [4.78, 5) is 0. The first-order valence-electron chi connectivity index (χ1n) is 6.76. The first-order valence-corrected chi connectivity index (χ1v) is 8.54. The Bertz CT molecular complexity index is 914. The van der Waals surface area contributed by atoms with Gasteiger partial charge in [0, 0.05) is 15.5 Å². The van der Waals surface area contributed by atoms with Gasteiger partial charge in [0.05, 0.1) is 38.9 Å². The van der Waals surface area contributed by atoms with Gasteiger partial charge in [0.2, 0.25) is 0 Å². The van der Waals surface area contributed by atoms with Crippen molar-refractivity contribution in [2.24, 2.45) is 0 Å². The van der Waals surface area contributed by atoms with Crippen molar-refractivity contribution in [3.8, 4) is 0 Å². The van der Waals surface area contributed by atoms with Gasteiger partial charge in [0.25, 0.3) is 0 Å². The Morgan fingerprint density at radius 1 is 0.714 bits per heavy atom. The average Bonchev–Trinajstić information content (AvgIpc) is 2.94. The minimum atomic E-state index is 1.20. The van der Waals surface area contributed by atoms with E-state index in [4.69, 9.17) is 0 Å². The summed E-state index contributed by atoms with van der Waals surface area (Å²) in [6, 6.07) is 25.7. The predicted octanol–water partition coefficient (Wildman–Crippen LogP) is 6.54. The Morgan fingerprint density at radius 3 is 2.29 bits per heavy atom. The molecule has 3 heteroatoms. The van der Waals surface area contributed by atoms with Gasteiger partial charge in [-0.1, -0.05) is 48.5 Å². The van der Waals surface area contributed by atoms with E-state index >= 15 is 0 Å². The Hall–Kier alpha value is -1.59. The lowest BCUT2D eigenvalue weighted by Gasteiger charge is -2.17. The third-order valence-corrected chi connectivity index (χ3v) is 5.86. The second-order valence-electron chi connectivity index (χ2n) is 4.87. The van der Waals surface area contributed by atoms with Crippen LogP contribution in [-0.4, -0.2) is 0 Å². The van der Waals surface area contributed by atoms with Crippen molar-refractivity contribution >= 4 is 65.7 Å². The SMILES string of the molecule is IN(c1ccccc1)c1cccc2c1sc1ccccc12. The third-order valence-electron chi connectivity index (χ3n) is 3.58. The molecule has 4 rings (SSSR count). The van der Waals surface area contributed by atoms with Crippen LogP contribution in [0.5, 0.6) is 0 Å². The zero-order valence-corrected chi connectivity index (χ0v) is 14.1. The fraction of sp³-hybridized carbons (Fsp3) is 0. The molecule has 0 spiro atoms. The minimum absolute atomic E-state index is 1.20. The molecule has 1 nitrogen and oxygen atoms in total. The second-order valence-corrected chi connectivity index (χ2v) is 6.89. The molecule has 0 aliphatic carbocycles. The first-order chi connectivity index (χ1) is 10.3. The van der Waals surface area contributed by atoms with Crippen molar-refractivity contribution in [1.29, 1.82) is 0 Å². The van der Waals surface area contributed by atoms with Crippen LogP contribution in [0.2, 0.25) is 0 Å². The molecule has 0 saturated carbocycles. The highest BCUT2D eigenvalue weighted by Gasteiger charge is 2.13.